The molecule has 0 amide bonds. The zero-order chi connectivity index (χ0) is 7.84. The smallest absolute Gasteiger partial charge is 0.123 e. The first-order chi connectivity index (χ1) is 5.27. The molecule has 1 heterocycles. The van der Waals surface area contributed by atoms with Crippen LogP contribution in [0.2, 0.25) is 0 Å². The van der Waals surface area contributed by atoms with Crippen LogP contribution in [0.5, 0.6) is 0 Å². The lowest BCUT2D eigenvalue weighted by Gasteiger charge is -2.05. The molecule has 0 aliphatic carbocycles. The molecule has 58 valence electrons. The Hall–Kier alpha value is -1.13. The van der Waals surface area contributed by atoms with E-state index in [-0.39, 0.29) is 12.4 Å². The monoisotopic (exact) mass is 155 g/mol. The molecule has 0 spiro atoms. The van der Waals surface area contributed by atoms with Crippen molar-refractivity contribution in [3.63, 3.8) is 0 Å². The molecule has 0 bridgehead atoms. The average Bonchev–Trinajstić information content (AvgIpc) is 2.32. The predicted octanol–water partition coefficient (Wildman–Crippen LogP) is 1.47. The summed E-state index contributed by atoms with van der Waals surface area (Å²) in [5.41, 5.74) is 1.17. The fraction of sp³-hybridized carbons (Fsp3) is 0.143. The van der Waals surface area contributed by atoms with Crippen molar-refractivity contribution in [2.24, 2.45) is 0 Å². The molecule has 11 heavy (non-hydrogen) atoms. The molecule has 4 heteroatoms. The van der Waals surface area contributed by atoms with Gasteiger partial charge in [-0.2, -0.15) is 0 Å². The van der Waals surface area contributed by atoms with Gasteiger partial charge in [0.25, 0.3) is 0 Å². The lowest BCUT2D eigenvalue weighted by molar-refractivity contribution is -0.0329. The van der Waals surface area contributed by atoms with Gasteiger partial charge in [-0.3, -0.25) is 5.21 Å². The molecule has 3 nitrogen and oxygen atoms in total. The standard InChI is InChI=1S/C7H6FNO2/c8-6-1-2-7-5(3-6)4-11-9(7)10/h1-3,10H,4H2. The molecule has 2 rings (SSSR count). The van der Waals surface area contributed by atoms with E-state index in [0.29, 0.717) is 16.5 Å². The molecule has 1 aliphatic rings. The van der Waals surface area contributed by atoms with Crippen LogP contribution in [0.3, 0.4) is 0 Å². The Balaban J connectivity index is 2.50. The first-order valence-corrected chi connectivity index (χ1v) is 3.18. The molecule has 1 N–H and O–H groups in total. The lowest BCUT2D eigenvalue weighted by atomic mass is 10.2. The summed E-state index contributed by atoms with van der Waals surface area (Å²) >= 11 is 0. The highest BCUT2D eigenvalue weighted by Gasteiger charge is 2.18. The second-order valence-corrected chi connectivity index (χ2v) is 2.32. The number of halogens is 1. The molecule has 0 atom stereocenters. The molecular formula is C7H6FNO2. The molecule has 0 radical (unpaired) electrons. The molecule has 1 aromatic carbocycles. The van der Waals surface area contributed by atoms with E-state index in [1.54, 1.807) is 0 Å². The highest BCUT2D eigenvalue weighted by molar-refractivity contribution is 5.51. The maximum Gasteiger partial charge on any atom is 0.123 e. The van der Waals surface area contributed by atoms with Crippen LogP contribution in [-0.4, -0.2) is 5.21 Å². The van der Waals surface area contributed by atoms with Crippen LogP contribution >= 0.6 is 0 Å². The predicted molar refractivity (Wildman–Crippen MR) is 35.5 cm³/mol. The Morgan fingerprint density at radius 2 is 2.36 bits per heavy atom. The summed E-state index contributed by atoms with van der Waals surface area (Å²) in [6.45, 7) is 0.226. The zero-order valence-electron chi connectivity index (χ0n) is 5.62. The van der Waals surface area contributed by atoms with Crippen LogP contribution < -0.4 is 5.23 Å². The number of benzene rings is 1. The van der Waals surface area contributed by atoms with Gasteiger partial charge in [-0.25, -0.2) is 9.23 Å². The van der Waals surface area contributed by atoms with Crippen molar-refractivity contribution < 1.29 is 14.4 Å². The maximum atomic E-state index is 12.5. The van der Waals surface area contributed by atoms with Crippen molar-refractivity contribution in [2.45, 2.75) is 6.61 Å². The van der Waals surface area contributed by atoms with E-state index in [1.165, 1.54) is 18.2 Å². The second kappa shape index (κ2) is 2.18. The zero-order valence-corrected chi connectivity index (χ0v) is 5.62. The van der Waals surface area contributed by atoms with Gasteiger partial charge >= 0.3 is 0 Å². The Morgan fingerprint density at radius 3 is 3.18 bits per heavy atom. The number of hydrogen-bond donors (Lipinski definition) is 1. The first-order valence-electron chi connectivity index (χ1n) is 3.18. The summed E-state index contributed by atoms with van der Waals surface area (Å²) < 4.78 is 12.5. The molecule has 0 unspecified atom stereocenters. The fourth-order valence-corrected chi connectivity index (χ4v) is 1.06. The Bertz CT molecular complexity index is 290. The molecule has 0 saturated carbocycles. The highest BCUT2D eigenvalue weighted by atomic mass is 19.1. The first kappa shape index (κ1) is 6.57. The lowest BCUT2D eigenvalue weighted by Crippen LogP contribution is -2.10. The van der Waals surface area contributed by atoms with Gasteiger partial charge in [0.1, 0.15) is 18.1 Å². The van der Waals surface area contributed by atoms with E-state index >= 15 is 0 Å². The largest absolute Gasteiger partial charge is 0.264 e. The van der Waals surface area contributed by atoms with E-state index < -0.39 is 0 Å². The van der Waals surface area contributed by atoms with Gasteiger partial charge < -0.3 is 0 Å². The van der Waals surface area contributed by atoms with Gasteiger partial charge in [0.05, 0.1) is 0 Å². The number of rotatable bonds is 0. The third kappa shape index (κ3) is 0.961. The van der Waals surface area contributed by atoms with Gasteiger partial charge in [0, 0.05) is 5.56 Å². The quantitative estimate of drug-likeness (QED) is 0.615. The Morgan fingerprint density at radius 1 is 1.55 bits per heavy atom. The molecule has 0 saturated heterocycles. The summed E-state index contributed by atoms with van der Waals surface area (Å²) in [6.07, 6.45) is 0. The van der Waals surface area contributed by atoms with Gasteiger partial charge in [-0.1, -0.05) is 0 Å². The maximum absolute atomic E-state index is 12.5. The molecule has 0 fully saturated rings. The van der Waals surface area contributed by atoms with Crippen molar-refractivity contribution in [2.75, 3.05) is 5.23 Å². The minimum atomic E-state index is -0.317. The van der Waals surface area contributed by atoms with Gasteiger partial charge in [-0.05, 0) is 18.2 Å². The third-order valence-electron chi connectivity index (χ3n) is 1.59. The van der Waals surface area contributed by atoms with E-state index in [9.17, 15) is 4.39 Å². The highest BCUT2D eigenvalue weighted by Crippen LogP contribution is 2.27. The normalized spacial score (nSPS) is 15.3. The van der Waals surface area contributed by atoms with Crippen LogP contribution in [0.25, 0.3) is 0 Å². The third-order valence-corrected chi connectivity index (χ3v) is 1.59. The second-order valence-electron chi connectivity index (χ2n) is 2.32. The van der Waals surface area contributed by atoms with Gasteiger partial charge in [0.15, 0.2) is 0 Å². The molecule has 1 aromatic rings. The minimum Gasteiger partial charge on any atom is -0.264 e. The molecule has 1 aliphatic heterocycles. The van der Waals surface area contributed by atoms with Crippen LogP contribution in [0.4, 0.5) is 10.1 Å². The van der Waals surface area contributed by atoms with Crippen molar-refractivity contribution in [1.82, 2.24) is 0 Å². The summed E-state index contributed by atoms with van der Waals surface area (Å²) in [4.78, 5) is 4.70. The van der Waals surface area contributed by atoms with Crippen molar-refractivity contribution in [1.29, 1.82) is 0 Å². The van der Waals surface area contributed by atoms with Crippen molar-refractivity contribution in [3.05, 3.63) is 29.6 Å². The minimum absolute atomic E-state index is 0.226. The number of hydrogen-bond acceptors (Lipinski definition) is 3. The van der Waals surface area contributed by atoms with Crippen LogP contribution in [0, 0.1) is 5.82 Å². The summed E-state index contributed by atoms with van der Waals surface area (Å²) in [5, 5.41) is 9.61. The summed E-state index contributed by atoms with van der Waals surface area (Å²) in [5.74, 6) is -0.317. The summed E-state index contributed by atoms with van der Waals surface area (Å²) in [7, 11) is 0. The van der Waals surface area contributed by atoms with Crippen molar-refractivity contribution in [3.8, 4) is 0 Å². The Kier molecular flexibility index (Phi) is 1.30. The van der Waals surface area contributed by atoms with E-state index in [2.05, 4.69) is 0 Å². The number of nitrogens with zero attached hydrogens (tertiary/aromatic N) is 1. The van der Waals surface area contributed by atoms with Gasteiger partial charge in [-0.15, -0.1) is 5.23 Å². The van der Waals surface area contributed by atoms with Crippen LogP contribution in [-0.2, 0) is 11.4 Å². The molecular weight excluding hydrogens is 149 g/mol. The number of fused-ring (bicyclic) bond motifs is 1. The SMILES string of the molecule is ON1OCc2cc(F)ccc21. The van der Waals surface area contributed by atoms with Crippen LogP contribution in [0.1, 0.15) is 5.56 Å². The van der Waals surface area contributed by atoms with Crippen LogP contribution in [0.15, 0.2) is 18.2 Å². The topological polar surface area (TPSA) is 32.7 Å². The molecule has 0 aromatic heterocycles. The number of anilines is 1. The van der Waals surface area contributed by atoms with Gasteiger partial charge in [0.2, 0.25) is 0 Å². The summed E-state index contributed by atoms with van der Waals surface area (Å²) in [6, 6.07) is 4.08. The average molecular weight is 155 g/mol. The van der Waals surface area contributed by atoms with Crippen molar-refractivity contribution >= 4 is 5.69 Å². The van der Waals surface area contributed by atoms with E-state index in [1.807, 2.05) is 0 Å². The van der Waals surface area contributed by atoms with E-state index in [0.717, 1.165) is 0 Å². The Labute approximate surface area is 62.5 Å². The van der Waals surface area contributed by atoms with E-state index in [4.69, 9.17) is 10.0 Å². The fourth-order valence-electron chi connectivity index (χ4n) is 1.06.